The zero-order valence-corrected chi connectivity index (χ0v) is 8.06. The second-order valence-corrected chi connectivity index (χ2v) is 2.95. The Bertz CT molecular complexity index is 403. The van der Waals surface area contributed by atoms with Crippen molar-refractivity contribution in [3.05, 3.63) is 33.9 Å². The van der Waals surface area contributed by atoms with Crippen LogP contribution in [0.5, 0.6) is 0 Å². The zero-order valence-electron chi connectivity index (χ0n) is 8.06. The van der Waals surface area contributed by atoms with Crippen LogP contribution in [0.2, 0.25) is 0 Å². The Labute approximate surface area is 85.7 Å². The second kappa shape index (κ2) is 4.52. The summed E-state index contributed by atoms with van der Waals surface area (Å²) in [7, 11) is 0. The third kappa shape index (κ3) is 2.75. The molecule has 80 valence electrons. The monoisotopic (exact) mass is 210 g/mol. The van der Waals surface area contributed by atoms with E-state index in [-0.39, 0.29) is 18.0 Å². The van der Waals surface area contributed by atoms with E-state index in [1.807, 2.05) is 0 Å². The van der Waals surface area contributed by atoms with Gasteiger partial charge in [-0.3, -0.25) is 14.9 Å². The number of hydrogen-bond donors (Lipinski definition) is 2. The van der Waals surface area contributed by atoms with E-state index in [1.165, 1.54) is 25.1 Å². The smallest absolute Gasteiger partial charge is 0.292 e. The van der Waals surface area contributed by atoms with Crippen LogP contribution in [-0.4, -0.2) is 15.9 Å². The van der Waals surface area contributed by atoms with Gasteiger partial charge >= 0.3 is 0 Å². The number of nitrogens with zero attached hydrogens (tertiary/aromatic N) is 1. The number of amides is 1. The maximum absolute atomic E-state index is 10.8. The van der Waals surface area contributed by atoms with E-state index in [0.29, 0.717) is 5.56 Å². The molecule has 1 rings (SSSR count). The van der Waals surface area contributed by atoms with Crippen molar-refractivity contribution in [1.82, 2.24) is 0 Å². The van der Waals surface area contributed by atoms with Crippen molar-refractivity contribution in [3.8, 4) is 0 Å². The van der Waals surface area contributed by atoms with E-state index in [4.69, 9.17) is 5.11 Å². The molecule has 1 amide bonds. The first-order chi connectivity index (χ1) is 7.04. The first kappa shape index (κ1) is 11.1. The first-order valence-electron chi connectivity index (χ1n) is 4.20. The molecule has 1 aromatic carbocycles. The standard InChI is InChI=1S/C9H10N2O4/c1-6(13)10-8-4-7(5-12)2-3-9(8)11(14)15/h2-4,12H,5H2,1H3,(H,10,13). The van der Waals surface area contributed by atoms with Crippen LogP contribution in [0, 0.1) is 10.1 Å². The summed E-state index contributed by atoms with van der Waals surface area (Å²) in [6.45, 7) is 1.03. The van der Waals surface area contributed by atoms with Crippen molar-refractivity contribution in [2.45, 2.75) is 13.5 Å². The highest BCUT2D eigenvalue weighted by Gasteiger charge is 2.14. The summed E-state index contributed by atoms with van der Waals surface area (Å²) < 4.78 is 0. The molecule has 0 radical (unpaired) electrons. The molecular formula is C9H10N2O4. The molecule has 0 fully saturated rings. The van der Waals surface area contributed by atoms with E-state index in [0.717, 1.165) is 0 Å². The number of nitrogens with one attached hydrogen (secondary N) is 1. The molecular weight excluding hydrogens is 200 g/mol. The number of aliphatic hydroxyl groups excluding tert-OH is 1. The summed E-state index contributed by atoms with van der Waals surface area (Å²) in [5.41, 5.74) is 0.408. The van der Waals surface area contributed by atoms with Gasteiger partial charge in [-0.25, -0.2) is 0 Å². The fourth-order valence-electron chi connectivity index (χ4n) is 1.13. The Morgan fingerprint density at radius 2 is 2.27 bits per heavy atom. The minimum atomic E-state index is -0.591. The number of benzene rings is 1. The number of aliphatic hydroxyl groups is 1. The van der Waals surface area contributed by atoms with Crippen LogP contribution >= 0.6 is 0 Å². The van der Waals surface area contributed by atoms with Crippen molar-refractivity contribution >= 4 is 17.3 Å². The highest BCUT2D eigenvalue weighted by atomic mass is 16.6. The zero-order chi connectivity index (χ0) is 11.4. The van der Waals surface area contributed by atoms with Crippen molar-refractivity contribution in [2.24, 2.45) is 0 Å². The molecule has 2 N–H and O–H groups in total. The summed E-state index contributed by atoms with van der Waals surface area (Å²) in [5.74, 6) is -0.395. The molecule has 6 nitrogen and oxygen atoms in total. The molecule has 0 aliphatic rings. The summed E-state index contributed by atoms with van der Waals surface area (Å²) in [6, 6.07) is 4.06. The number of carbonyl (C=O) groups excluding carboxylic acids is 1. The molecule has 0 spiro atoms. The highest BCUT2D eigenvalue weighted by Crippen LogP contribution is 2.25. The van der Waals surface area contributed by atoms with Crippen LogP contribution in [0.1, 0.15) is 12.5 Å². The molecule has 0 bridgehead atoms. The Morgan fingerprint density at radius 1 is 1.60 bits per heavy atom. The van der Waals surface area contributed by atoms with E-state index >= 15 is 0 Å². The van der Waals surface area contributed by atoms with Crippen LogP contribution in [0.3, 0.4) is 0 Å². The Balaban J connectivity index is 3.16. The molecule has 0 aliphatic carbocycles. The van der Waals surface area contributed by atoms with Crippen molar-refractivity contribution in [3.63, 3.8) is 0 Å². The highest BCUT2D eigenvalue weighted by molar-refractivity contribution is 5.91. The Kier molecular flexibility index (Phi) is 3.35. The lowest BCUT2D eigenvalue weighted by Gasteiger charge is -2.04. The van der Waals surface area contributed by atoms with Crippen molar-refractivity contribution < 1.29 is 14.8 Å². The number of carbonyl (C=O) groups is 1. The van der Waals surface area contributed by atoms with Crippen LogP contribution in [0.15, 0.2) is 18.2 Å². The quantitative estimate of drug-likeness (QED) is 0.576. The number of rotatable bonds is 3. The van der Waals surface area contributed by atoms with Gasteiger partial charge in [0.2, 0.25) is 5.91 Å². The molecule has 0 heterocycles. The minimum absolute atomic E-state index is 0.0963. The summed E-state index contributed by atoms with van der Waals surface area (Å²) in [5, 5.41) is 21.8. The maximum Gasteiger partial charge on any atom is 0.292 e. The SMILES string of the molecule is CC(=O)Nc1cc(CO)ccc1[N+](=O)[O-]. The van der Waals surface area contributed by atoms with Crippen LogP contribution in [0.4, 0.5) is 11.4 Å². The number of hydrogen-bond acceptors (Lipinski definition) is 4. The molecule has 0 atom stereocenters. The molecule has 0 aliphatic heterocycles. The second-order valence-electron chi connectivity index (χ2n) is 2.95. The lowest BCUT2D eigenvalue weighted by atomic mass is 10.2. The van der Waals surface area contributed by atoms with E-state index in [1.54, 1.807) is 0 Å². The molecule has 0 saturated heterocycles. The largest absolute Gasteiger partial charge is 0.392 e. The lowest BCUT2D eigenvalue weighted by molar-refractivity contribution is -0.383. The van der Waals surface area contributed by atoms with Crippen LogP contribution in [-0.2, 0) is 11.4 Å². The molecule has 15 heavy (non-hydrogen) atoms. The summed E-state index contributed by atoms with van der Waals surface area (Å²) in [4.78, 5) is 20.8. The van der Waals surface area contributed by atoms with Crippen molar-refractivity contribution in [2.75, 3.05) is 5.32 Å². The molecule has 0 unspecified atom stereocenters. The average molecular weight is 210 g/mol. The Hall–Kier alpha value is -1.95. The predicted molar refractivity (Wildman–Crippen MR) is 53.3 cm³/mol. The molecule has 0 saturated carbocycles. The van der Waals surface area contributed by atoms with Gasteiger partial charge in [-0.1, -0.05) is 0 Å². The van der Waals surface area contributed by atoms with Gasteiger partial charge in [0.1, 0.15) is 5.69 Å². The normalized spacial score (nSPS) is 9.73. The van der Waals surface area contributed by atoms with Gasteiger partial charge < -0.3 is 10.4 Å². The van der Waals surface area contributed by atoms with Gasteiger partial charge in [0.05, 0.1) is 11.5 Å². The number of nitro groups is 1. The third-order valence-electron chi connectivity index (χ3n) is 1.75. The van der Waals surface area contributed by atoms with Gasteiger partial charge in [0.15, 0.2) is 0 Å². The number of anilines is 1. The minimum Gasteiger partial charge on any atom is -0.392 e. The summed E-state index contributed by atoms with van der Waals surface area (Å²) in [6.07, 6.45) is 0. The molecule has 6 heteroatoms. The maximum atomic E-state index is 10.8. The van der Waals surface area contributed by atoms with Gasteiger partial charge in [0.25, 0.3) is 5.69 Å². The fraction of sp³-hybridized carbons (Fsp3) is 0.222. The Morgan fingerprint density at radius 3 is 2.73 bits per heavy atom. The van der Waals surface area contributed by atoms with Gasteiger partial charge in [0, 0.05) is 13.0 Å². The lowest BCUT2D eigenvalue weighted by Crippen LogP contribution is -2.08. The van der Waals surface area contributed by atoms with E-state index in [2.05, 4.69) is 5.32 Å². The summed E-state index contributed by atoms with van der Waals surface area (Å²) >= 11 is 0. The third-order valence-corrected chi connectivity index (χ3v) is 1.75. The van der Waals surface area contributed by atoms with Crippen molar-refractivity contribution in [1.29, 1.82) is 0 Å². The van der Waals surface area contributed by atoms with E-state index in [9.17, 15) is 14.9 Å². The van der Waals surface area contributed by atoms with Crippen LogP contribution in [0.25, 0.3) is 0 Å². The number of nitro benzene ring substituents is 1. The first-order valence-corrected chi connectivity index (χ1v) is 4.20. The average Bonchev–Trinajstić information content (AvgIpc) is 2.16. The van der Waals surface area contributed by atoms with Gasteiger partial charge in [-0.15, -0.1) is 0 Å². The van der Waals surface area contributed by atoms with Gasteiger partial charge in [-0.05, 0) is 17.7 Å². The molecule has 0 aromatic heterocycles. The fourth-order valence-corrected chi connectivity index (χ4v) is 1.13. The molecule has 1 aromatic rings. The predicted octanol–water partition coefficient (Wildman–Crippen LogP) is 1.05. The van der Waals surface area contributed by atoms with Gasteiger partial charge in [-0.2, -0.15) is 0 Å². The van der Waals surface area contributed by atoms with E-state index < -0.39 is 10.8 Å². The topological polar surface area (TPSA) is 92.5 Å². The van der Waals surface area contributed by atoms with Crippen LogP contribution < -0.4 is 5.32 Å².